The van der Waals surface area contributed by atoms with Gasteiger partial charge in [-0.2, -0.15) is 0 Å². The summed E-state index contributed by atoms with van der Waals surface area (Å²) in [6, 6.07) is 0. The summed E-state index contributed by atoms with van der Waals surface area (Å²) in [5, 5.41) is 10.1. The molecule has 1 N–H and O–H groups in total. The quantitative estimate of drug-likeness (QED) is 0.757. The molecule has 2 aliphatic rings. The van der Waals surface area contributed by atoms with Gasteiger partial charge in [-0.25, -0.2) is 0 Å². The molecular weight excluding hydrogens is 188 g/mol. The van der Waals surface area contributed by atoms with E-state index in [-0.39, 0.29) is 11.5 Å². The number of rotatable bonds is 2. The van der Waals surface area contributed by atoms with E-state index >= 15 is 0 Å². The van der Waals surface area contributed by atoms with E-state index in [9.17, 15) is 9.90 Å². The molecule has 0 radical (unpaired) electrons. The molecule has 0 amide bonds. The van der Waals surface area contributed by atoms with Gasteiger partial charge in [-0.3, -0.25) is 4.79 Å². The molecule has 2 heteroatoms. The van der Waals surface area contributed by atoms with Crippen LogP contribution >= 0.6 is 0 Å². The van der Waals surface area contributed by atoms with E-state index in [1.165, 1.54) is 5.57 Å². The van der Waals surface area contributed by atoms with Crippen LogP contribution in [-0.4, -0.2) is 17.0 Å². The second kappa shape index (κ2) is 3.75. The van der Waals surface area contributed by atoms with Crippen LogP contribution < -0.4 is 0 Å². The maximum Gasteiger partial charge on any atom is 0.158 e. The molecule has 2 rings (SSSR count). The third kappa shape index (κ3) is 1.38. The molecule has 0 aromatic heterocycles. The molecule has 0 aromatic rings. The number of carbonyl (C=O) groups is 1. The first-order valence-electron chi connectivity index (χ1n) is 6.09. The summed E-state index contributed by atoms with van der Waals surface area (Å²) < 4.78 is 0. The molecule has 2 atom stereocenters. The summed E-state index contributed by atoms with van der Waals surface area (Å²) in [6.45, 7) is 4.19. The van der Waals surface area contributed by atoms with Crippen LogP contribution in [0.3, 0.4) is 0 Å². The van der Waals surface area contributed by atoms with Crippen molar-refractivity contribution in [2.45, 2.75) is 58.5 Å². The lowest BCUT2D eigenvalue weighted by Crippen LogP contribution is -2.35. The van der Waals surface area contributed by atoms with E-state index in [0.717, 1.165) is 37.7 Å². The molecule has 0 bridgehead atoms. The maximum absolute atomic E-state index is 11.8. The number of carbonyl (C=O) groups excluding carboxylic acids is 1. The fourth-order valence-corrected chi connectivity index (χ4v) is 3.47. The van der Waals surface area contributed by atoms with Gasteiger partial charge in [-0.05, 0) is 37.7 Å². The molecule has 0 spiro atoms. The van der Waals surface area contributed by atoms with Crippen molar-refractivity contribution in [1.82, 2.24) is 0 Å². The Morgan fingerprint density at radius 1 is 1.40 bits per heavy atom. The average molecular weight is 208 g/mol. The molecule has 0 unspecified atom stereocenters. The minimum absolute atomic E-state index is 0.0424. The maximum atomic E-state index is 11.8. The Balaban J connectivity index is 2.49. The first kappa shape index (κ1) is 10.9. The smallest absolute Gasteiger partial charge is 0.158 e. The van der Waals surface area contributed by atoms with Crippen molar-refractivity contribution >= 4 is 5.78 Å². The summed E-state index contributed by atoms with van der Waals surface area (Å²) in [5.41, 5.74) is 2.27. The number of aliphatic hydroxyl groups is 1. The Hall–Kier alpha value is -0.630. The number of hydrogen-bond acceptors (Lipinski definition) is 2. The lowest BCUT2D eigenvalue weighted by molar-refractivity contribution is -0.117. The first-order valence-corrected chi connectivity index (χ1v) is 6.09. The van der Waals surface area contributed by atoms with Gasteiger partial charge in [0.2, 0.25) is 0 Å². The molecule has 0 aromatic carbocycles. The zero-order valence-electron chi connectivity index (χ0n) is 9.68. The van der Waals surface area contributed by atoms with E-state index in [4.69, 9.17) is 0 Å². The van der Waals surface area contributed by atoms with Crippen LogP contribution in [-0.2, 0) is 4.79 Å². The van der Waals surface area contributed by atoms with Crippen molar-refractivity contribution in [2.24, 2.45) is 5.41 Å². The van der Waals surface area contributed by atoms with Crippen LogP contribution in [0.25, 0.3) is 0 Å². The van der Waals surface area contributed by atoms with Gasteiger partial charge in [0.25, 0.3) is 0 Å². The van der Waals surface area contributed by atoms with Crippen LogP contribution in [0, 0.1) is 5.41 Å². The van der Waals surface area contributed by atoms with Crippen LogP contribution in [0.1, 0.15) is 52.4 Å². The van der Waals surface area contributed by atoms with Gasteiger partial charge in [0, 0.05) is 11.8 Å². The van der Waals surface area contributed by atoms with Crippen molar-refractivity contribution in [1.29, 1.82) is 0 Å². The molecule has 1 fully saturated rings. The van der Waals surface area contributed by atoms with E-state index in [1.54, 1.807) is 0 Å². The largest absolute Gasteiger partial charge is 0.392 e. The summed E-state index contributed by atoms with van der Waals surface area (Å²) in [4.78, 5) is 11.8. The van der Waals surface area contributed by atoms with E-state index in [0.29, 0.717) is 12.2 Å². The average Bonchev–Trinajstić information content (AvgIpc) is 2.57. The Bertz CT molecular complexity index is 316. The summed E-state index contributed by atoms with van der Waals surface area (Å²) in [7, 11) is 0. The van der Waals surface area contributed by atoms with Gasteiger partial charge in [-0.15, -0.1) is 0 Å². The summed E-state index contributed by atoms with van der Waals surface area (Å²) >= 11 is 0. The molecule has 1 saturated carbocycles. The van der Waals surface area contributed by atoms with Crippen LogP contribution in [0.5, 0.6) is 0 Å². The molecule has 2 aliphatic carbocycles. The zero-order chi connectivity index (χ0) is 11.1. The lowest BCUT2D eigenvalue weighted by atomic mass is 9.68. The molecule has 15 heavy (non-hydrogen) atoms. The van der Waals surface area contributed by atoms with Crippen molar-refractivity contribution in [3.63, 3.8) is 0 Å². The molecule has 0 heterocycles. The first-order chi connectivity index (χ1) is 7.15. The Morgan fingerprint density at radius 2 is 2.13 bits per heavy atom. The van der Waals surface area contributed by atoms with Gasteiger partial charge >= 0.3 is 0 Å². The van der Waals surface area contributed by atoms with Crippen LogP contribution in [0.15, 0.2) is 11.1 Å². The third-order valence-corrected chi connectivity index (χ3v) is 4.39. The van der Waals surface area contributed by atoms with Crippen LogP contribution in [0.4, 0.5) is 0 Å². The molecular formula is C13H20O2. The van der Waals surface area contributed by atoms with Crippen LogP contribution in [0.2, 0.25) is 0 Å². The highest BCUT2D eigenvalue weighted by atomic mass is 16.3. The zero-order valence-corrected chi connectivity index (χ0v) is 9.68. The highest BCUT2D eigenvalue weighted by molar-refractivity contribution is 5.97. The van der Waals surface area contributed by atoms with E-state index < -0.39 is 0 Å². The minimum atomic E-state index is -0.216. The molecule has 2 nitrogen and oxygen atoms in total. The standard InChI is InChI=1S/C13H20O2/c1-3-9-10-5-6-12(15)13(10,4-2)8-7-11(9)14/h12,15H,3-8H2,1-2H3/t12-,13+/m1/s1. The number of ketones is 1. The second-order valence-electron chi connectivity index (χ2n) is 4.80. The monoisotopic (exact) mass is 208 g/mol. The molecule has 0 saturated heterocycles. The SMILES string of the molecule is CCC1=C2CC[C@@H](O)[C@@]2(CC)CCC1=O. The normalized spacial score (nSPS) is 35.9. The number of fused-ring (bicyclic) bond motifs is 1. The Labute approximate surface area is 91.4 Å². The Kier molecular flexibility index (Phi) is 2.72. The van der Waals surface area contributed by atoms with E-state index in [1.807, 2.05) is 0 Å². The highest BCUT2D eigenvalue weighted by Gasteiger charge is 2.48. The highest BCUT2D eigenvalue weighted by Crippen LogP contribution is 2.53. The minimum Gasteiger partial charge on any atom is -0.392 e. The second-order valence-corrected chi connectivity index (χ2v) is 4.80. The number of allylic oxidation sites excluding steroid dienone is 1. The number of Topliss-reactive ketones (excluding diaryl/α,β-unsaturated/α-hetero) is 1. The Morgan fingerprint density at radius 3 is 2.73 bits per heavy atom. The lowest BCUT2D eigenvalue weighted by Gasteiger charge is -2.37. The molecule has 84 valence electrons. The van der Waals surface area contributed by atoms with Gasteiger partial charge < -0.3 is 5.11 Å². The summed E-state index contributed by atoms with van der Waals surface area (Å²) in [6.07, 6.45) is 4.87. The van der Waals surface area contributed by atoms with Crippen molar-refractivity contribution in [2.75, 3.05) is 0 Å². The summed E-state index contributed by atoms with van der Waals surface area (Å²) in [5.74, 6) is 0.325. The third-order valence-electron chi connectivity index (χ3n) is 4.39. The van der Waals surface area contributed by atoms with Crippen molar-refractivity contribution in [3.05, 3.63) is 11.1 Å². The van der Waals surface area contributed by atoms with Gasteiger partial charge in [0.1, 0.15) is 0 Å². The van der Waals surface area contributed by atoms with Crippen molar-refractivity contribution in [3.8, 4) is 0 Å². The number of aliphatic hydroxyl groups excluding tert-OH is 1. The molecule has 0 aliphatic heterocycles. The van der Waals surface area contributed by atoms with Crippen molar-refractivity contribution < 1.29 is 9.90 Å². The fourth-order valence-electron chi connectivity index (χ4n) is 3.47. The topological polar surface area (TPSA) is 37.3 Å². The predicted octanol–water partition coefficient (Wildman–Crippen LogP) is 2.61. The fraction of sp³-hybridized carbons (Fsp3) is 0.769. The van der Waals surface area contributed by atoms with Gasteiger partial charge in [0.05, 0.1) is 6.10 Å². The van der Waals surface area contributed by atoms with Gasteiger partial charge in [0.15, 0.2) is 5.78 Å². The predicted molar refractivity (Wildman–Crippen MR) is 59.5 cm³/mol. The van der Waals surface area contributed by atoms with E-state index in [2.05, 4.69) is 13.8 Å². The van der Waals surface area contributed by atoms with Gasteiger partial charge in [-0.1, -0.05) is 19.4 Å². The number of hydrogen-bond donors (Lipinski definition) is 1.